The Balaban J connectivity index is 1.74. The van der Waals surface area contributed by atoms with Crippen molar-refractivity contribution in [3.63, 3.8) is 0 Å². The Morgan fingerprint density at radius 1 is 1.04 bits per heavy atom. The Morgan fingerprint density at radius 3 is 2.18 bits per heavy atom. The van der Waals surface area contributed by atoms with E-state index in [0.29, 0.717) is 16.9 Å². The van der Waals surface area contributed by atoms with E-state index in [0.717, 1.165) is 17.8 Å². The number of sulfonamides is 1. The first-order valence-electron chi connectivity index (χ1n) is 8.37. The van der Waals surface area contributed by atoms with E-state index < -0.39 is 15.8 Å². The molecule has 1 amide bonds. The fourth-order valence-corrected chi connectivity index (χ4v) is 3.72. The Bertz CT molecular complexity index is 1120. The molecule has 2 aromatic carbocycles. The molecule has 0 saturated carbocycles. The highest BCUT2D eigenvalue weighted by molar-refractivity contribution is 7.92. The zero-order chi connectivity index (χ0) is 20.5. The Morgan fingerprint density at radius 2 is 1.64 bits per heavy atom. The van der Waals surface area contributed by atoms with Crippen molar-refractivity contribution >= 4 is 27.3 Å². The number of nitrogens with zero attached hydrogens (tertiary/aromatic N) is 2. The van der Waals surface area contributed by atoms with Gasteiger partial charge in [-0.2, -0.15) is 5.10 Å². The maximum atomic E-state index is 13.0. The molecule has 3 rings (SSSR count). The van der Waals surface area contributed by atoms with E-state index in [2.05, 4.69) is 15.1 Å². The number of rotatable bonds is 5. The molecule has 0 fully saturated rings. The highest BCUT2D eigenvalue weighted by atomic mass is 32.2. The summed E-state index contributed by atoms with van der Waals surface area (Å²) in [7, 11) is -2.06. The normalized spacial score (nSPS) is 11.3. The van der Waals surface area contributed by atoms with Crippen LogP contribution in [0.3, 0.4) is 0 Å². The fraction of sp³-hybridized carbons (Fsp3) is 0.158. The molecule has 0 radical (unpaired) electrons. The molecule has 146 valence electrons. The lowest BCUT2D eigenvalue weighted by Crippen LogP contribution is -2.15. The molecule has 0 aliphatic rings. The number of anilines is 2. The van der Waals surface area contributed by atoms with Crippen LogP contribution in [0.1, 0.15) is 21.7 Å². The monoisotopic (exact) mass is 402 g/mol. The number of nitrogens with one attached hydrogen (secondary N) is 2. The summed E-state index contributed by atoms with van der Waals surface area (Å²) >= 11 is 0. The summed E-state index contributed by atoms with van der Waals surface area (Å²) < 4.78 is 41.7. The smallest absolute Gasteiger partial charge is 0.261 e. The second-order valence-corrected chi connectivity index (χ2v) is 7.94. The van der Waals surface area contributed by atoms with Crippen molar-refractivity contribution in [1.29, 1.82) is 0 Å². The molecule has 0 atom stereocenters. The lowest BCUT2D eigenvalue weighted by Gasteiger charge is -2.09. The predicted octanol–water partition coefficient (Wildman–Crippen LogP) is 3.23. The van der Waals surface area contributed by atoms with Gasteiger partial charge >= 0.3 is 0 Å². The van der Waals surface area contributed by atoms with Gasteiger partial charge in [0.05, 0.1) is 22.0 Å². The van der Waals surface area contributed by atoms with Gasteiger partial charge in [-0.25, -0.2) is 12.8 Å². The number of aromatic nitrogens is 2. The van der Waals surface area contributed by atoms with Gasteiger partial charge in [0, 0.05) is 18.3 Å². The first kappa shape index (κ1) is 19.6. The Labute approximate surface area is 162 Å². The predicted molar refractivity (Wildman–Crippen MR) is 104 cm³/mol. The summed E-state index contributed by atoms with van der Waals surface area (Å²) in [5, 5.41) is 7.07. The van der Waals surface area contributed by atoms with Crippen LogP contribution >= 0.6 is 0 Å². The van der Waals surface area contributed by atoms with Gasteiger partial charge in [-0.1, -0.05) is 0 Å². The number of aryl methyl sites for hydroxylation is 2. The largest absolute Gasteiger partial charge is 0.319 e. The standard InChI is InChI=1S/C19H19FN4O3S/c1-12-18(13(2)24(3)22-12)21-19(25)14-4-8-16(9-5-14)23-28(26,27)17-10-6-15(20)7-11-17/h4-11,23H,1-3H3,(H,21,25). The molecule has 0 aliphatic carbocycles. The van der Waals surface area contributed by atoms with Gasteiger partial charge in [0.25, 0.3) is 15.9 Å². The van der Waals surface area contributed by atoms with E-state index >= 15 is 0 Å². The molecule has 0 bridgehead atoms. The molecule has 2 N–H and O–H groups in total. The number of hydrogen-bond acceptors (Lipinski definition) is 4. The zero-order valence-electron chi connectivity index (χ0n) is 15.5. The summed E-state index contributed by atoms with van der Waals surface area (Å²) in [5.41, 5.74) is 2.84. The van der Waals surface area contributed by atoms with E-state index in [1.165, 1.54) is 36.4 Å². The van der Waals surface area contributed by atoms with Gasteiger partial charge in [-0.3, -0.25) is 14.2 Å². The van der Waals surface area contributed by atoms with E-state index in [9.17, 15) is 17.6 Å². The number of benzene rings is 2. The van der Waals surface area contributed by atoms with Crippen LogP contribution in [0.2, 0.25) is 0 Å². The summed E-state index contributed by atoms with van der Waals surface area (Å²) in [5.74, 6) is -0.847. The van der Waals surface area contributed by atoms with Crippen molar-refractivity contribution in [1.82, 2.24) is 9.78 Å². The quantitative estimate of drug-likeness (QED) is 0.685. The topological polar surface area (TPSA) is 93.1 Å². The van der Waals surface area contributed by atoms with Crippen LogP contribution in [0.15, 0.2) is 53.4 Å². The van der Waals surface area contributed by atoms with Crippen LogP contribution in [0.25, 0.3) is 0 Å². The highest BCUT2D eigenvalue weighted by Gasteiger charge is 2.16. The van der Waals surface area contributed by atoms with Gasteiger partial charge in [-0.15, -0.1) is 0 Å². The highest BCUT2D eigenvalue weighted by Crippen LogP contribution is 2.21. The molecule has 0 spiro atoms. The first-order valence-corrected chi connectivity index (χ1v) is 9.86. The van der Waals surface area contributed by atoms with Crippen LogP contribution in [0, 0.1) is 19.7 Å². The van der Waals surface area contributed by atoms with Crippen LogP contribution in [-0.2, 0) is 17.1 Å². The minimum absolute atomic E-state index is 0.0572. The number of halogens is 1. The van der Waals surface area contributed by atoms with Crippen molar-refractivity contribution in [2.45, 2.75) is 18.7 Å². The molecule has 28 heavy (non-hydrogen) atoms. The molecule has 0 aliphatic heterocycles. The molecule has 3 aromatic rings. The van der Waals surface area contributed by atoms with Gasteiger partial charge in [-0.05, 0) is 62.4 Å². The maximum Gasteiger partial charge on any atom is 0.261 e. The SMILES string of the molecule is Cc1nn(C)c(C)c1NC(=O)c1ccc(NS(=O)(=O)c2ccc(F)cc2)cc1. The van der Waals surface area contributed by atoms with Gasteiger partial charge in [0.1, 0.15) is 5.82 Å². The number of amides is 1. The maximum absolute atomic E-state index is 13.0. The van der Waals surface area contributed by atoms with Gasteiger partial charge in [0.2, 0.25) is 0 Å². The molecule has 0 unspecified atom stereocenters. The summed E-state index contributed by atoms with van der Waals surface area (Å²) in [6, 6.07) is 10.5. The second-order valence-electron chi connectivity index (χ2n) is 6.26. The van der Waals surface area contributed by atoms with E-state index in [4.69, 9.17) is 0 Å². The summed E-state index contributed by atoms with van der Waals surface area (Å²) in [6.07, 6.45) is 0. The minimum atomic E-state index is -3.85. The molecule has 0 saturated heterocycles. The third-order valence-corrected chi connectivity index (χ3v) is 5.67. The number of carbonyl (C=O) groups excluding carboxylic acids is 1. The molecule has 1 aromatic heterocycles. The lowest BCUT2D eigenvalue weighted by molar-refractivity contribution is 0.102. The van der Waals surface area contributed by atoms with Crippen LogP contribution in [-0.4, -0.2) is 24.1 Å². The van der Waals surface area contributed by atoms with Crippen molar-refractivity contribution < 1.29 is 17.6 Å². The van der Waals surface area contributed by atoms with Gasteiger partial charge < -0.3 is 5.32 Å². The zero-order valence-corrected chi connectivity index (χ0v) is 16.3. The Hall–Kier alpha value is -3.20. The lowest BCUT2D eigenvalue weighted by atomic mass is 10.2. The van der Waals surface area contributed by atoms with E-state index in [1.807, 2.05) is 6.92 Å². The van der Waals surface area contributed by atoms with Crippen LogP contribution in [0.4, 0.5) is 15.8 Å². The van der Waals surface area contributed by atoms with Crippen LogP contribution < -0.4 is 10.0 Å². The fourth-order valence-electron chi connectivity index (χ4n) is 2.66. The molecule has 9 heteroatoms. The van der Waals surface area contributed by atoms with Crippen molar-refractivity contribution in [3.8, 4) is 0 Å². The molecule has 7 nitrogen and oxygen atoms in total. The van der Waals surface area contributed by atoms with Crippen molar-refractivity contribution in [3.05, 3.63) is 71.3 Å². The molecule has 1 heterocycles. The third kappa shape index (κ3) is 4.04. The molecular formula is C19H19FN4O3S. The first-order chi connectivity index (χ1) is 13.2. The second kappa shape index (κ2) is 7.43. The third-order valence-electron chi connectivity index (χ3n) is 4.27. The summed E-state index contributed by atoms with van der Waals surface area (Å²) in [4.78, 5) is 12.4. The van der Waals surface area contributed by atoms with Crippen molar-refractivity contribution in [2.75, 3.05) is 10.0 Å². The van der Waals surface area contributed by atoms with E-state index in [1.54, 1.807) is 18.7 Å². The minimum Gasteiger partial charge on any atom is -0.319 e. The van der Waals surface area contributed by atoms with Gasteiger partial charge in [0.15, 0.2) is 0 Å². The van der Waals surface area contributed by atoms with Crippen LogP contribution in [0.5, 0.6) is 0 Å². The number of hydrogen-bond donors (Lipinski definition) is 2. The Kier molecular flexibility index (Phi) is 5.19. The average molecular weight is 402 g/mol. The summed E-state index contributed by atoms with van der Waals surface area (Å²) in [6.45, 7) is 3.65. The van der Waals surface area contributed by atoms with Crippen molar-refractivity contribution in [2.24, 2.45) is 7.05 Å². The van der Waals surface area contributed by atoms with E-state index in [-0.39, 0.29) is 16.5 Å². The molecular weight excluding hydrogens is 383 g/mol. The number of carbonyl (C=O) groups is 1. The average Bonchev–Trinajstić information content (AvgIpc) is 2.88.